The van der Waals surface area contributed by atoms with Gasteiger partial charge in [-0.3, -0.25) is 9.59 Å². The Hall–Kier alpha value is -5.22. The summed E-state index contributed by atoms with van der Waals surface area (Å²) in [5.41, 5.74) is 4.99. The van der Waals surface area contributed by atoms with Crippen LogP contribution in [0.4, 0.5) is 4.79 Å². The number of hydrogen-bond acceptors (Lipinski definition) is 7. The van der Waals surface area contributed by atoms with Crippen LogP contribution in [-0.2, 0) is 23.9 Å². The molecule has 10 nitrogen and oxygen atoms in total. The number of nitrogens with one attached hydrogen (secondary N) is 3. The predicted octanol–water partition coefficient (Wildman–Crippen LogP) is 5.34. The Morgan fingerprint density at radius 3 is 2.12 bits per heavy atom. The molecule has 0 saturated heterocycles. The van der Waals surface area contributed by atoms with Crippen LogP contribution in [0.3, 0.4) is 0 Å². The molecule has 1 aliphatic carbocycles. The van der Waals surface area contributed by atoms with E-state index in [9.17, 15) is 24.3 Å². The first-order valence-electron chi connectivity index (χ1n) is 16.5. The lowest BCUT2D eigenvalue weighted by Crippen LogP contribution is -2.44. The molecule has 0 spiro atoms. The van der Waals surface area contributed by atoms with Gasteiger partial charge in [0.15, 0.2) is 0 Å². The molecule has 4 unspecified atom stereocenters. The molecular formula is C39H45N3O7. The number of benzene rings is 3. The highest BCUT2D eigenvalue weighted by Crippen LogP contribution is 2.44. The molecule has 0 heterocycles. The first-order valence-corrected chi connectivity index (χ1v) is 16.5. The topological polar surface area (TPSA) is 143 Å². The second kappa shape index (κ2) is 18.4. The summed E-state index contributed by atoms with van der Waals surface area (Å²) in [6.45, 7) is 8.89. The molecule has 3 aromatic rings. The van der Waals surface area contributed by atoms with Crippen molar-refractivity contribution < 1.29 is 33.8 Å². The van der Waals surface area contributed by atoms with E-state index < -0.39 is 42.1 Å². The van der Waals surface area contributed by atoms with E-state index >= 15 is 0 Å². The lowest BCUT2D eigenvalue weighted by atomic mass is 9.98. The molecule has 0 aromatic heterocycles. The van der Waals surface area contributed by atoms with Crippen molar-refractivity contribution in [3.8, 4) is 11.1 Å². The van der Waals surface area contributed by atoms with Crippen molar-refractivity contribution in [2.75, 3.05) is 19.8 Å². The van der Waals surface area contributed by atoms with Crippen LogP contribution in [0, 0.1) is 5.92 Å². The van der Waals surface area contributed by atoms with E-state index in [1.54, 1.807) is 43.3 Å². The smallest absolute Gasteiger partial charge is 0.407 e. The van der Waals surface area contributed by atoms with Gasteiger partial charge in [-0.2, -0.15) is 0 Å². The van der Waals surface area contributed by atoms with Crippen LogP contribution in [-0.4, -0.2) is 60.8 Å². The number of amides is 3. The average molecular weight is 668 g/mol. The molecular weight excluding hydrogens is 622 g/mol. The van der Waals surface area contributed by atoms with E-state index in [4.69, 9.17) is 9.47 Å². The fourth-order valence-electron chi connectivity index (χ4n) is 5.86. The van der Waals surface area contributed by atoms with Gasteiger partial charge in [0, 0.05) is 18.4 Å². The average Bonchev–Trinajstić information content (AvgIpc) is 3.44. The minimum absolute atomic E-state index is 0.0734. The zero-order valence-electron chi connectivity index (χ0n) is 27.8. The maximum atomic E-state index is 13.6. The lowest BCUT2D eigenvalue weighted by Gasteiger charge is -2.24. The van der Waals surface area contributed by atoms with Crippen molar-refractivity contribution in [1.29, 1.82) is 0 Å². The van der Waals surface area contributed by atoms with Gasteiger partial charge in [-0.1, -0.05) is 91.0 Å². The fourth-order valence-corrected chi connectivity index (χ4v) is 5.86. The highest BCUT2D eigenvalue weighted by molar-refractivity contribution is 5.86. The van der Waals surface area contributed by atoms with Crippen LogP contribution in [0.5, 0.6) is 0 Å². The third kappa shape index (κ3) is 10.1. The third-order valence-corrected chi connectivity index (χ3v) is 8.41. The number of alkyl carbamates (subject to hydrolysis) is 1. The number of ether oxygens (including phenoxy) is 2. The molecule has 0 saturated carbocycles. The Kier molecular flexibility index (Phi) is 13.7. The summed E-state index contributed by atoms with van der Waals surface area (Å²) in [4.78, 5) is 52.3. The monoisotopic (exact) mass is 667 g/mol. The molecule has 3 amide bonds. The van der Waals surface area contributed by atoms with Gasteiger partial charge in [0.2, 0.25) is 11.8 Å². The van der Waals surface area contributed by atoms with Crippen molar-refractivity contribution in [1.82, 2.24) is 16.0 Å². The summed E-state index contributed by atoms with van der Waals surface area (Å²) >= 11 is 0. The van der Waals surface area contributed by atoms with Crippen LogP contribution in [0.2, 0.25) is 0 Å². The van der Waals surface area contributed by atoms with Crippen LogP contribution in [0.15, 0.2) is 104 Å². The molecule has 0 aliphatic heterocycles. The number of hydrogen-bond donors (Lipinski definition) is 4. The van der Waals surface area contributed by atoms with Gasteiger partial charge in [0.1, 0.15) is 18.8 Å². The number of rotatable bonds is 18. The molecule has 4 N–H and O–H groups in total. The molecule has 0 radical (unpaired) electrons. The van der Waals surface area contributed by atoms with Crippen molar-refractivity contribution in [2.45, 2.75) is 56.7 Å². The normalized spacial score (nSPS) is 14.2. The van der Waals surface area contributed by atoms with Gasteiger partial charge in [-0.15, -0.1) is 13.2 Å². The second-order valence-electron chi connectivity index (χ2n) is 12.0. The van der Waals surface area contributed by atoms with Gasteiger partial charge in [0.05, 0.1) is 19.1 Å². The molecule has 3 aromatic carbocycles. The van der Waals surface area contributed by atoms with Crippen LogP contribution < -0.4 is 16.0 Å². The van der Waals surface area contributed by atoms with Gasteiger partial charge < -0.3 is 30.5 Å². The minimum atomic E-state index is -1.04. The van der Waals surface area contributed by atoms with Crippen LogP contribution in [0.25, 0.3) is 11.1 Å². The SMILES string of the molecule is C=CCCC(NC(=O)OCC1c2ccccc2-c2ccccc21)C(=O)OC(CNC(=O)C(CC=C)CC(=O)NC(C)CO)c1ccccc1. The van der Waals surface area contributed by atoms with Crippen LogP contribution in [0.1, 0.15) is 61.3 Å². The second-order valence-corrected chi connectivity index (χ2v) is 12.0. The summed E-state index contributed by atoms with van der Waals surface area (Å²) in [5, 5.41) is 17.4. The van der Waals surface area contributed by atoms with Crippen molar-refractivity contribution in [2.24, 2.45) is 5.92 Å². The molecule has 258 valence electrons. The quantitative estimate of drug-likeness (QED) is 0.106. The third-order valence-electron chi connectivity index (χ3n) is 8.41. The summed E-state index contributed by atoms with van der Waals surface area (Å²) in [6, 6.07) is 23.5. The molecule has 0 fully saturated rings. The molecule has 1 aliphatic rings. The number of carbonyl (C=O) groups is 4. The number of carbonyl (C=O) groups excluding carboxylic acids is 4. The summed E-state index contributed by atoms with van der Waals surface area (Å²) in [6.07, 6.45) is 2.35. The zero-order valence-corrected chi connectivity index (χ0v) is 27.8. The van der Waals surface area contributed by atoms with E-state index in [1.807, 2.05) is 42.5 Å². The van der Waals surface area contributed by atoms with E-state index in [0.29, 0.717) is 12.0 Å². The Balaban J connectivity index is 1.41. The Morgan fingerprint density at radius 2 is 1.51 bits per heavy atom. The Morgan fingerprint density at radius 1 is 0.878 bits per heavy atom. The van der Waals surface area contributed by atoms with Gasteiger partial charge in [0.25, 0.3) is 0 Å². The Labute approximate surface area is 287 Å². The van der Waals surface area contributed by atoms with Crippen molar-refractivity contribution in [3.05, 3.63) is 121 Å². The summed E-state index contributed by atoms with van der Waals surface area (Å²) in [7, 11) is 0. The molecule has 4 rings (SSSR count). The molecule has 4 atom stereocenters. The zero-order chi connectivity index (χ0) is 35.2. The molecule has 49 heavy (non-hydrogen) atoms. The van der Waals surface area contributed by atoms with E-state index in [2.05, 4.69) is 41.2 Å². The number of fused-ring (bicyclic) bond motifs is 3. The van der Waals surface area contributed by atoms with E-state index in [1.165, 1.54) is 0 Å². The van der Waals surface area contributed by atoms with Crippen molar-refractivity contribution in [3.63, 3.8) is 0 Å². The lowest BCUT2D eigenvalue weighted by molar-refractivity contribution is -0.152. The molecule has 10 heteroatoms. The number of aliphatic hydroxyl groups is 1. The number of aliphatic hydroxyl groups excluding tert-OH is 1. The van der Waals surface area contributed by atoms with E-state index in [0.717, 1.165) is 22.3 Å². The highest BCUT2D eigenvalue weighted by atomic mass is 16.6. The van der Waals surface area contributed by atoms with Crippen molar-refractivity contribution >= 4 is 23.9 Å². The fraction of sp³-hybridized carbons (Fsp3) is 0.333. The first-order chi connectivity index (χ1) is 23.7. The first kappa shape index (κ1) is 36.6. The summed E-state index contributed by atoms with van der Waals surface area (Å²) in [5.74, 6) is -2.34. The highest BCUT2D eigenvalue weighted by Gasteiger charge is 2.31. The van der Waals surface area contributed by atoms with Gasteiger partial charge >= 0.3 is 12.1 Å². The number of esters is 1. The number of allylic oxidation sites excluding steroid dienone is 2. The van der Waals surface area contributed by atoms with Gasteiger partial charge in [-0.05, 0) is 54.0 Å². The standard InChI is InChI=1S/C39H45N3O7/c1-4-6-21-34(42-39(47)48-25-33-31-19-12-10-17-29(31)30-18-11-13-20-32(30)33)38(46)49-35(27-15-8-7-9-16-27)23-40-37(45)28(14-5-2)22-36(44)41-26(3)24-43/h4-5,7-13,15-20,26,28,33-35,43H,1-2,6,14,21-25H2,3H3,(H,40,45)(H,41,44)(H,42,47). The minimum Gasteiger partial charge on any atom is -0.454 e. The predicted molar refractivity (Wildman–Crippen MR) is 187 cm³/mol. The Bertz CT molecular complexity index is 1560. The summed E-state index contributed by atoms with van der Waals surface area (Å²) < 4.78 is 11.6. The largest absolute Gasteiger partial charge is 0.454 e. The van der Waals surface area contributed by atoms with Gasteiger partial charge in [-0.25, -0.2) is 9.59 Å². The molecule has 0 bridgehead atoms. The van der Waals surface area contributed by atoms with E-state index in [-0.39, 0.29) is 50.8 Å². The maximum absolute atomic E-state index is 13.6. The van der Waals surface area contributed by atoms with Crippen LogP contribution >= 0.6 is 0 Å². The maximum Gasteiger partial charge on any atom is 0.407 e.